The molecule has 0 fully saturated rings. The Labute approximate surface area is 120 Å². The molecule has 0 heterocycles. The third-order valence-corrected chi connectivity index (χ3v) is 6.58. The Morgan fingerprint density at radius 2 is 1.37 bits per heavy atom. The largest absolute Gasteiger partial charge is 0.307 e. The minimum Gasteiger partial charge on any atom is -0.307 e. The van der Waals surface area contributed by atoms with Crippen molar-refractivity contribution in [1.29, 1.82) is 0 Å². The van der Waals surface area contributed by atoms with Crippen molar-refractivity contribution in [2.45, 2.75) is 71.8 Å². The van der Waals surface area contributed by atoms with Crippen LogP contribution in [-0.4, -0.2) is 13.6 Å². The highest BCUT2D eigenvalue weighted by molar-refractivity contribution is 6.88. The maximum atomic E-state index is 3.77. The van der Waals surface area contributed by atoms with Gasteiger partial charge in [0.2, 0.25) is 0 Å². The van der Waals surface area contributed by atoms with E-state index in [9.17, 15) is 0 Å². The first-order valence-electron chi connectivity index (χ1n) is 7.71. The zero-order valence-electron chi connectivity index (χ0n) is 13.6. The van der Waals surface area contributed by atoms with E-state index in [0.717, 1.165) is 6.54 Å². The van der Waals surface area contributed by atoms with Crippen LogP contribution in [0.4, 0.5) is 0 Å². The summed E-state index contributed by atoms with van der Waals surface area (Å²) in [5, 5.41) is 5.31. The average molecular weight is 278 g/mol. The van der Waals surface area contributed by atoms with Gasteiger partial charge in [0.15, 0.2) is 0 Å². The van der Waals surface area contributed by atoms with Gasteiger partial charge >= 0.3 is 0 Å². The molecule has 1 aromatic carbocycles. The van der Waals surface area contributed by atoms with Gasteiger partial charge in [-0.05, 0) is 24.8 Å². The van der Waals surface area contributed by atoms with Crippen molar-refractivity contribution in [3.8, 4) is 0 Å². The summed E-state index contributed by atoms with van der Waals surface area (Å²) in [6.45, 7) is 15.0. The minimum absolute atomic E-state index is 0.317. The molecule has 0 spiro atoms. The van der Waals surface area contributed by atoms with E-state index in [4.69, 9.17) is 0 Å². The normalized spacial score (nSPS) is 12.7. The summed E-state index contributed by atoms with van der Waals surface area (Å²) >= 11 is 0. The fourth-order valence-corrected chi connectivity index (χ4v) is 3.70. The molecule has 1 N–H and O–H groups in total. The number of nitrogens with one attached hydrogen (secondary N) is 1. The first kappa shape index (κ1) is 16.5. The molecule has 1 aromatic rings. The van der Waals surface area contributed by atoms with E-state index in [1.165, 1.54) is 24.8 Å². The van der Waals surface area contributed by atoms with Crippen LogP contribution in [0.1, 0.15) is 45.6 Å². The van der Waals surface area contributed by atoms with Crippen molar-refractivity contribution < 1.29 is 0 Å². The molecule has 2 heteroatoms. The molecule has 1 rings (SSSR count). The van der Waals surface area contributed by atoms with Gasteiger partial charge < -0.3 is 5.32 Å². The van der Waals surface area contributed by atoms with Crippen molar-refractivity contribution in [3.63, 3.8) is 0 Å². The highest BCUT2D eigenvalue weighted by atomic mass is 28.3. The van der Waals surface area contributed by atoms with Crippen LogP contribution in [0, 0.1) is 0 Å². The number of hydrogen-bond acceptors (Lipinski definition) is 1. The molecule has 108 valence electrons. The van der Waals surface area contributed by atoms with E-state index in [0.29, 0.717) is 5.54 Å². The third kappa shape index (κ3) is 4.46. The predicted molar refractivity (Wildman–Crippen MR) is 89.9 cm³/mol. The van der Waals surface area contributed by atoms with Gasteiger partial charge in [-0.25, -0.2) is 0 Å². The van der Waals surface area contributed by atoms with Crippen LogP contribution in [0.5, 0.6) is 0 Å². The lowest BCUT2D eigenvalue weighted by molar-refractivity contribution is 0.288. The van der Waals surface area contributed by atoms with Crippen molar-refractivity contribution in [2.75, 3.05) is 0 Å². The second kappa shape index (κ2) is 6.71. The molecular formula is C17H31NSi. The smallest absolute Gasteiger partial charge is 0.0775 e. The van der Waals surface area contributed by atoms with E-state index in [2.05, 4.69) is 70.0 Å². The summed E-state index contributed by atoms with van der Waals surface area (Å²) < 4.78 is 0. The fourth-order valence-electron chi connectivity index (χ4n) is 2.54. The summed E-state index contributed by atoms with van der Waals surface area (Å²) in [6, 6.07) is 9.25. The van der Waals surface area contributed by atoms with Crippen LogP contribution in [0.3, 0.4) is 0 Å². The van der Waals surface area contributed by atoms with Crippen LogP contribution < -0.4 is 10.5 Å². The van der Waals surface area contributed by atoms with E-state index < -0.39 is 8.07 Å². The fraction of sp³-hybridized carbons (Fsp3) is 0.647. The van der Waals surface area contributed by atoms with Crippen LogP contribution >= 0.6 is 0 Å². The summed E-state index contributed by atoms with van der Waals surface area (Å²) in [4.78, 5) is 0. The second-order valence-electron chi connectivity index (χ2n) is 6.64. The molecule has 0 unspecified atom stereocenters. The summed E-state index contributed by atoms with van der Waals surface area (Å²) in [7, 11) is -1.16. The van der Waals surface area contributed by atoms with Crippen LogP contribution in [-0.2, 0) is 6.54 Å². The molecule has 0 aromatic heterocycles. The number of hydrogen-bond donors (Lipinski definition) is 1. The third-order valence-electron chi connectivity index (χ3n) is 4.52. The van der Waals surface area contributed by atoms with Crippen molar-refractivity contribution in [1.82, 2.24) is 5.32 Å². The van der Waals surface area contributed by atoms with Gasteiger partial charge in [-0.2, -0.15) is 0 Å². The van der Waals surface area contributed by atoms with Gasteiger partial charge in [0.1, 0.15) is 0 Å². The molecule has 0 amide bonds. The predicted octanol–water partition coefficient (Wildman–Crippen LogP) is 4.29. The van der Waals surface area contributed by atoms with Crippen LogP contribution in [0.25, 0.3) is 0 Å². The molecule has 0 radical (unpaired) electrons. The Morgan fingerprint density at radius 3 is 1.74 bits per heavy atom. The van der Waals surface area contributed by atoms with Gasteiger partial charge in [-0.1, -0.05) is 69.9 Å². The molecule has 0 aliphatic carbocycles. The quantitative estimate of drug-likeness (QED) is 0.733. The van der Waals surface area contributed by atoms with Gasteiger partial charge in [-0.3, -0.25) is 0 Å². The molecule has 19 heavy (non-hydrogen) atoms. The minimum atomic E-state index is -1.16. The Hall–Kier alpha value is -0.603. The maximum absolute atomic E-state index is 3.77. The van der Waals surface area contributed by atoms with Gasteiger partial charge in [0, 0.05) is 12.1 Å². The Kier molecular flexibility index (Phi) is 5.81. The Bertz CT molecular complexity index is 363. The summed E-state index contributed by atoms with van der Waals surface area (Å²) in [5.41, 5.74) is 1.72. The van der Waals surface area contributed by atoms with E-state index >= 15 is 0 Å². The van der Waals surface area contributed by atoms with Crippen LogP contribution in [0.15, 0.2) is 24.3 Å². The van der Waals surface area contributed by atoms with Crippen molar-refractivity contribution in [3.05, 3.63) is 29.8 Å². The SMILES string of the molecule is CCC(CC)(CC)NCc1ccc([Si](C)(C)C)cc1. The Balaban J connectivity index is 2.69. The molecule has 0 aliphatic heterocycles. The summed E-state index contributed by atoms with van der Waals surface area (Å²) in [5.74, 6) is 0. The van der Waals surface area contributed by atoms with E-state index in [1.54, 1.807) is 5.19 Å². The Morgan fingerprint density at radius 1 is 0.895 bits per heavy atom. The number of rotatable bonds is 7. The standard InChI is InChI=1S/C17H31NSi/c1-7-17(8-2,9-3)18-14-15-10-12-16(13-11-15)19(4,5)6/h10-13,18H,7-9,14H2,1-6H3. The molecule has 0 aliphatic rings. The zero-order chi connectivity index (χ0) is 14.5. The highest BCUT2D eigenvalue weighted by Gasteiger charge is 2.22. The first-order valence-corrected chi connectivity index (χ1v) is 11.2. The lowest BCUT2D eigenvalue weighted by Crippen LogP contribution is -2.43. The van der Waals surface area contributed by atoms with Gasteiger partial charge in [0.25, 0.3) is 0 Å². The highest BCUT2D eigenvalue weighted by Crippen LogP contribution is 2.19. The van der Waals surface area contributed by atoms with Crippen LogP contribution in [0.2, 0.25) is 19.6 Å². The lowest BCUT2D eigenvalue weighted by Gasteiger charge is -2.32. The van der Waals surface area contributed by atoms with Crippen molar-refractivity contribution in [2.24, 2.45) is 0 Å². The maximum Gasteiger partial charge on any atom is 0.0775 e. The van der Waals surface area contributed by atoms with Gasteiger partial charge in [0.05, 0.1) is 8.07 Å². The lowest BCUT2D eigenvalue weighted by atomic mass is 9.89. The second-order valence-corrected chi connectivity index (χ2v) is 11.7. The van der Waals surface area contributed by atoms with Crippen molar-refractivity contribution >= 4 is 13.3 Å². The molecule has 0 atom stereocenters. The molecule has 1 nitrogen and oxygen atoms in total. The molecular weight excluding hydrogens is 246 g/mol. The average Bonchev–Trinajstić information content (AvgIpc) is 2.40. The van der Waals surface area contributed by atoms with E-state index in [1.807, 2.05) is 0 Å². The molecule has 0 bridgehead atoms. The van der Waals surface area contributed by atoms with Gasteiger partial charge in [-0.15, -0.1) is 0 Å². The zero-order valence-corrected chi connectivity index (χ0v) is 14.6. The monoisotopic (exact) mass is 277 g/mol. The molecule has 0 saturated heterocycles. The summed E-state index contributed by atoms with van der Waals surface area (Å²) in [6.07, 6.45) is 3.60. The van der Waals surface area contributed by atoms with E-state index in [-0.39, 0.29) is 0 Å². The molecule has 0 saturated carbocycles. The topological polar surface area (TPSA) is 12.0 Å². The number of benzene rings is 1. The first-order chi connectivity index (χ1) is 8.87.